The lowest BCUT2D eigenvalue weighted by Gasteiger charge is -2.21. The first kappa shape index (κ1) is 16.9. The summed E-state index contributed by atoms with van der Waals surface area (Å²) in [5.41, 5.74) is 1.10. The number of rotatable bonds is 7. The van der Waals surface area contributed by atoms with Gasteiger partial charge in [-0.3, -0.25) is 0 Å². The highest BCUT2D eigenvalue weighted by atomic mass is 16.5. The van der Waals surface area contributed by atoms with Crippen LogP contribution in [0.2, 0.25) is 0 Å². The fraction of sp³-hybridized carbons (Fsp3) is 0.316. The van der Waals surface area contributed by atoms with Crippen LogP contribution in [0, 0.1) is 0 Å². The van der Waals surface area contributed by atoms with Crippen LogP contribution < -0.4 is 10.1 Å². The summed E-state index contributed by atoms with van der Waals surface area (Å²) in [5.74, 6) is 0.859. The van der Waals surface area contributed by atoms with Gasteiger partial charge in [0.2, 0.25) is 0 Å². The van der Waals surface area contributed by atoms with Gasteiger partial charge < -0.3 is 15.0 Å². The molecule has 0 spiro atoms. The summed E-state index contributed by atoms with van der Waals surface area (Å²) in [4.78, 5) is 13.9. The zero-order valence-corrected chi connectivity index (χ0v) is 13.7. The third-order valence-electron chi connectivity index (χ3n) is 3.64. The molecule has 0 aliphatic heterocycles. The van der Waals surface area contributed by atoms with Crippen LogP contribution in [0.25, 0.3) is 0 Å². The number of urea groups is 1. The zero-order chi connectivity index (χ0) is 16.5. The van der Waals surface area contributed by atoms with Crippen LogP contribution in [0.3, 0.4) is 0 Å². The van der Waals surface area contributed by atoms with Gasteiger partial charge in [-0.15, -0.1) is 0 Å². The third-order valence-corrected chi connectivity index (χ3v) is 3.64. The number of nitrogens with one attached hydrogen (secondary N) is 1. The number of nitrogens with zero attached hydrogens (tertiary/aromatic N) is 1. The average Bonchev–Trinajstić information content (AvgIpc) is 2.60. The lowest BCUT2D eigenvalue weighted by Crippen LogP contribution is -2.39. The van der Waals surface area contributed by atoms with Gasteiger partial charge in [-0.25, -0.2) is 4.79 Å². The molecule has 4 nitrogen and oxygen atoms in total. The van der Waals surface area contributed by atoms with Crippen molar-refractivity contribution in [2.45, 2.75) is 19.4 Å². The van der Waals surface area contributed by atoms with E-state index >= 15 is 0 Å². The van der Waals surface area contributed by atoms with E-state index in [2.05, 4.69) is 5.32 Å². The Morgan fingerprint density at radius 1 is 1.09 bits per heavy atom. The molecule has 0 heterocycles. The molecule has 0 saturated carbocycles. The predicted octanol–water partition coefficient (Wildman–Crippen LogP) is 3.86. The van der Waals surface area contributed by atoms with Crippen molar-refractivity contribution in [3.63, 3.8) is 0 Å². The molecule has 0 radical (unpaired) electrons. The second kappa shape index (κ2) is 8.83. The summed E-state index contributed by atoms with van der Waals surface area (Å²) in [5, 5.41) is 3.00. The zero-order valence-electron chi connectivity index (χ0n) is 13.7. The van der Waals surface area contributed by atoms with Crippen LogP contribution >= 0.6 is 0 Å². The molecule has 4 heteroatoms. The molecular weight excluding hydrogens is 288 g/mol. The van der Waals surface area contributed by atoms with E-state index in [-0.39, 0.29) is 12.1 Å². The van der Waals surface area contributed by atoms with Crippen molar-refractivity contribution >= 4 is 6.03 Å². The smallest absolute Gasteiger partial charge is 0.317 e. The Balaban J connectivity index is 1.68. The number of carbonyl (C=O) groups is 1. The fourth-order valence-corrected chi connectivity index (χ4v) is 2.23. The molecular formula is C19H24N2O2. The summed E-state index contributed by atoms with van der Waals surface area (Å²) in [6.07, 6.45) is 0.790. The van der Waals surface area contributed by atoms with Crippen LogP contribution in [-0.4, -0.2) is 31.1 Å². The molecule has 0 aromatic heterocycles. The van der Waals surface area contributed by atoms with Crippen LogP contribution in [0.1, 0.15) is 24.9 Å². The molecule has 1 unspecified atom stereocenters. The first-order valence-electron chi connectivity index (χ1n) is 7.91. The molecule has 0 saturated heterocycles. The fourth-order valence-electron chi connectivity index (χ4n) is 2.23. The molecule has 0 aliphatic carbocycles. The SMILES string of the molecule is CC(NC(=O)N(C)CCCOc1ccccc1)c1ccccc1. The molecule has 2 aromatic carbocycles. The summed E-state index contributed by atoms with van der Waals surface area (Å²) in [7, 11) is 1.80. The maximum atomic E-state index is 12.2. The Bertz CT molecular complexity index is 587. The van der Waals surface area contributed by atoms with Crippen molar-refractivity contribution in [3.8, 4) is 5.75 Å². The van der Waals surface area contributed by atoms with Gasteiger partial charge in [0.1, 0.15) is 5.75 Å². The van der Waals surface area contributed by atoms with E-state index in [0.29, 0.717) is 13.2 Å². The van der Waals surface area contributed by atoms with Gasteiger partial charge >= 0.3 is 6.03 Å². The minimum absolute atomic E-state index is 0.00767. The number of hydrogen-bond acceptors (Lipinski definition) is 2. The second-order valence-corrected chi connectivity index (χ2v) is 5.52. The second-order valence-electron chi connectivity index (χ2n) is 5.52. The number of benzene rings is 2. The van der Waals surface area contributed by atoms with E-state index in [1.807, 2.05) is 67.6 Å². The van der Waals surface area contributed by atoms with Crippen LogP contribution in [0.5, 0.6) is 5.75 Å². The van der Waals surface area contributed by atoms with Crippen molar-refractivity contribution in [1.82, 2.24) is 10.2 Å². The third kappa shape index (κ3) is 5.66. The van der Waals surface area contributed by atoms with Crippen LogP contribution in [0.4, 0.5) is 4.79 Å². The highest BCUT2D eigenvalue weighted by molar-refractivity contribution is 5.74. The topological polar surface area (TPSA) is 41.6 Å². The van der Waals surface area contributed by atoms with Crippen LogP contribution in [0.15, 0.2) is 60.7 Å². The Labute approximate surface area is 138 Å². The standard InChI is InChI=1S/C19H24N2O2/c1-16(17-10-5-3-6-11-17)20-19(22)21(2)14-9-15-23-18-12-7-4-8-13-18/h3-8,10-13,16H,9,14-15H2,1-2H3,(H,20,22). The molecule has 1 atom stereocenters. The minimum atomic E-state index is -0.0685. The normalized spacial score (nSPS) is 11.6. The largest absolute Gasteiger partial charge is 0.494 e. The van der Waals surface area contributed by atoms with Crippen LogP contribution in [-0.2, 0) is 0 Å². The molecule has 2 rings (SSSR count). The average molecular weight is 312 g/mol. The maximum Gasteiger partial charge on any atom is 0.317 e. The lowest BCUT2D eigenvalue weighted by molar-refractivity contribution is 0.200. The van der Waals surface area contributed by atoms with Gasteiger partial charge in [0.25, 0.3) is 0 Å². The number of ether oxygens (including phenoxy) is 1. The lowest BCUT2D eigenvalue weighted by atomic mass is 10.1. The molecule has 0 fully saturated rings. The molecule has 1 N–H and O–H groups in total. The number of para-hydroxylation sites is 1. The van der Waals surface area contributed by atoms with Gasteiger partial charge in [0.05, 0.1) is 12.6 Å². The van der Waals surface area contributed by atoms with Gasteiger partial charge in [0, 0.05) is 13.6 Å². The van der Waals surface area contributed by atoms with E-state index in [1.54, 1.807) is 11.9 Å². The molecule has 0 bridgehead atoms. The van der Waals surface area contributed by atoms with Crippen molar-refractivity contribution in [2.75, 3.05) is 20.2 Å². The Morgan fingerprint density at radius 2 is 1.70 bits per heavy atom. The van der Waals surface area contributed by atoms with E-state index in [1.165, 1.54) is 0 Å². The molecule has 122 valence electrons. The highest BCUT2D eigenvalue weighted by Crippen LogP contribution is 2.11. The van der Waals surface area contributed by atoms with Crippen molar-refractivity contribution < 1.29 is 9.53 Å². The molecule has 2 amide bonds. The highest BCUT2D eigenvalue weighted by Gasteiger charge is 2.12. The van der Waals surface area contributed by atoms with Gasteiger partial charge in [-0.05, 0) is 31.0 Å². The van der Waals surface area contributed by atoms with E-state index < -0.39 is 0 Å². The van der Waals surface area contributed by atoms with Gasteiger partial charge in [0.15, 0.2) is 0 Å². The van der Waals surface area contributed by atoms with Crippen molar-refractivity contribution in [2.24, 2.45) is 0 Å². The van der Waals surface area contributed by atoms with E-state index in [9.17, 15) is 4.79 Å². The van der Waals surface area contributed by atoms with Crippen molar-refractivity contribution in [3.05, 3.63) is 66.2 Å². The summed E-state index contributed by atoms with van der Waals surface area (Å²) in [6.45, 7) is 3.23. The maximum absolute atomic E-state index is 12.2. The predicted molar refractivity (Wildman–Crippen MR) is 92.6 cm³/mol. The van der Waals surface area contributed by atoms with E-state index in [4.69, 9.17) is 4.74 Å². The number of carbonyl (C=O) groups excluding carboxylic acids is 1. The van der Waals surface area contributed by atoms with Crippen molar-refractivity contribution in [1.29, 1.82) is 0 Å². The molecule has 2 aromatic rings. The van der Waals surface area contributed by atoms with Gasteiger partial charge in [-0.2, -0.15) is 0 Å². The number of hydrogen-bond donors (Lipinski definition) is 1. The summed E-state index contributed by atoms with van der Waals surface area (Å²) in [6, 6.07) is 19.6. The summed E-state index contributed by atoms with van der Waals surface area (Å²) >= 11 is 0. The minimum Gasteiger partial charge on any atom is -0.494 e. The Hall–Kier alpha value is -2.49. The monoisotopic (exact) mass is 312 g/mol. The first-order valence-corrected chi connectivity index (χ1v) is 7.91. The van der Waals surface area contributed by atoms with Gasteiger partial charge in [-0.1, -0.05) is 48.5 Å². The Morgan fingerprint density at radius 3 is 2.35 bits per heavy atom. The van der Waals surface area contributed by atoms with E-state index in [0.717, 1.165) is 17.7 Å². The summed E-state index contributed by atoms with van der Waals surface area (Å²) < 4.78 is 5.63. The molecule has 0 aliphatic rings. The quantitative estimate of drug-likeness (QED) is 0.789. The molecule has 23 heavy (non-hydrogen) atoms. The Kier molecular flexibility index (Phi) is 6.48. The number of amides is 2. The first-order chi connectivity index (χ1) is 11.2.